The summed E-state index contributed by atoms with van der Waals surface area (Å²) in [6.07, 6.45) is 1.27. The minimum absolute atomic E-state index is 0.111. The average Bonchev–Trinajstić information content (AvgIpc) is 2.40. The molecule has 1 aromatic rings. The third kappa shape index (κ3) is 3.32. The molecule has 2 rings (SSSR count). The van der Waals surface area contributed by atoms with E-state index in [0.717, 1.165) is 0 Å². The molecule has 1 fully saturated rings. The normalized spacial score (nSPS) is 19.5. The van der Waals surface area contributed by atoms with Crippen LogP contribution in [0.1, 0.15) is 10.4 Å². The number of hydrogen-bond acceptors (Lipinski definition) is 5. The van der Waals surface area contributed by atoms with Crippen LogP contribution in [0.2, 0.25) is 5.02 Å². The van der Waals surface area contributed by atoms with Crippen molar-refractivity contribution >= 4 is 23.3 Å². The summed E-state index contributed by atoms with van der Waals surface area (Å²) in [5.41, 5.74) is 5.84. The molecule has 0 aromatic carbocycles. The number of nitrogens with zero attached hydrogens (tertiary/aromatic N) is 1. The standard InChI is InChI=1S/C11H14ClN3O3/c12-9-3-7(4-14-10(9)13)11(16)15-5-8-6-17-1-2-18-8/h3-4,8H,1-2,5-6H2,(H2,13,14)(H,15,16). The molecule has 1 atom stereocenters. The van der Waals surface area contributed by atoms with Gasteiger partial charge in [0.15, 0.2) is 0 Å². The van der Waals surface area contributed by atoms with Crippen LogP contribution < -0.4 is 11.1 Å². The first-order valence-corrected chi connectivity index (χ1v) is 5.93. The first-order valence-electron chi connectivity index (χ1n) is 5.55. The molecule has 1 amide bonds. The highest BCUT2D eigenvalue weighted by Gasteiger charge is 2.16. The molecule has 1 aliphatic rings. The van der Waals surface area contributed by atoms with E-state index in [-0.39, 0.29) is 22.9 Å². The smallest absolute Gasteiger partial charge is 0.252 e. The Kier molecular flexibility index (Phi) is 4.35. The van der Waals surface area contributed by atoms with Crippen molar-refractivity contribution in [2.45, 2.75) is 6.10 Å². The van der Waals surface area contributed by atoms with Crippen LogP contribution in [0.4, 0.5) is 5.82 Å². The van der Waals surface area contributed by atoms with E-state index >= 15 is 0 Å². The lowest BCUT2D eigenvalue weighted by Gasteiger charge is -2.23. The summed E-state index contributed by atoms with van der Waals surface area (Å²) in [6.45, 7) is 2.03. The Balaban J connectivity index is 1.88. The van der Waals surface area contributed by atoms with Gasteiger partial charge in [0.2, 0.25) is 0 Å². The Morgan fingerprint density at radius 1 is 1.61 bits per heavy atom. The van der Waals surface area contributed by atoms with Crippen LogP contribution in [0.3, 0.4) is 0 Å². The van der Waals surface area contributed by atoms with E-state index in [0.29, 0.717) is 31.9 Å². The highest BCUT2D eigenvalue weighted by Crippen LogP contribution is 2.16. The first-order chi connectivity index (χ1) is 8.66. The SMILES string of the molecule is Nc1ncc(C(=O)NCC2COCCO2)cc1Cl. The number of rotatable bonds is 3. The van der Waals surface area contributed by atoms with Crippen LogP contribution in [0.15, 0.2) is 12.3 Å². The van der Waals surface area contributed by atoms with Crippen molar-refractivity contribution in [3.05, 3.63) is 22.8 Å². The lowest BCUT2D eigenvalue weighted by atomic mass is 10.2. The van der Waals surface area contributed by atoms with Gasteiger partial charge in [-0.15, -0.1) is 0 Å². The van der Waals surface area contributed by atoms with Crippen LogP contribution in [-0.4, -0.2) is 43.4 Å². The molecule has 1 aliphatic heterocycles. The molecule has 98 valence electrons. The van der Waals surface area contributed by atoms with E-state index < -0.39 is 0 Å². The molecule has 1 unspecified atom stereocenters. The lowest BCUT2D eigenvalue weighted by Crippen LogP contribution is -2.39. The highest BCUT2D eigenvalue weighted by atomic mass is 35.5. The molecule has 1 saturated heterocycles. The maximum absolute atomic E-state index is 11.8. The molecule has 0 aliphatic carbocycles. The number of carbonyl (C=O) groups is 1. The van der Waals surface area contributed by atoms with E-state index in [9.17, 15) is 4.79 Å². The molecular formula is C11H14ClN3O3. The molecule has 6 nitrogen and oxygen atoms in total. The molecule has 0 spiro atoms. The van der Waals surface area contributed by atoms with Crippen LogP contribution in [0.5, 0.6) is 0 Å². The fourth-order valence-electron chi connectivity index (χ4n) is 1.54. The Bertz CT molecular complexity index is 436. The van der Waals surface area contributed by atoms with Gasteiger partial charge < -0.3 is 20.5 Å². The summed E-state index contributed by atoms with van der Waals surface area (Å²) in [4.78, 5) is 15.6. The third-order valence-electron chi connectivity index (χ3n) is 2.51. The minimum Gasteiger partial charge on any atom is -0.382 e. The van der Waals surface area contributed by atoms with Gasteiger partial charge in [-0.05, 0) is 6.07 Å². The predicted octanol–water partition coefficient (Wildman–Crippen LogP) is 0.462. The van der Waals surface area contributed by atoms with Crippen molar-refractivity contribution in [1.29, 1.82) is 0 Å². The molecule has 0 radical (unpaired) electrons. The fraction of sp³-hybridized carbons (Fsp3) is 0.455. The van der Waals surface area contributed by atoms with Crippen LogP contribution in [0, 0.1) is 0 Å². The summed E-state index contributed by atoms with van der Waals surface area (Å²) in [5.74, 6) is -0.0594. The number of pyridine rings is 1. The molecule has 0 bridgehead atoms. The van der Waals surface area contributed by atoms with Gasteiger partial charge in [-0.1, -0.05) is 11.6 Å². The van der Waals surface area contributed by atoms with Crippen molar-refractivity contribution in [2.75, 3.05) is 32.1 Å². The number of halogens is 1. The quantitative estimate of drug-likeness (QED) is 0.834. The van der Waals surface area contributed by atoms with Gasteiger partial charge in [-0.25, -0.2) is 4.98 Å². The van der Waals surface area contributed by atoms with Crippen LogP contribution >= 0.6 is 11.6 Å². The van der Waals surface area contributed by atoms with E-state index in [2.05, 4.69) is 10.3 Å². The van der Waals surface area contributed by atoms with Crippen LogP contribution in [0.25, 0.3) is 0 Å². The molecule has 1 aromatic heterocycles. The number of hydrogen-bond donors (Lipinski definition) is 2. The molecule has 18 heavy (non-hydrogen) atoms. The zero-order valence-electron chi connectivity index (χ0n) is 9.69. The van der Waals surface area contributed by atoms with E-state index in [1.807, 2.05) is 0 Å². The number of ether oxygens (including phenoxy) is 2. The van der Waals surface area contributed by atoms with Crippen molar-refractivity contribution in [3.63, 3.8) is 0 Å². The minimum atomic E-state index is -0.265. The van der Waals surface area contributed by atoms with Gasteiger partial charge in [0.1, 0.15) is 5.82 Å². The number of nitrogen functional groups attached to an aromatic ring is 1. The van der Waals surface area contributed by atoms with Gasteiger partial charge in [-0.2, -0.15) is 0 Å². The predicted molar refractivity (Wildman–Crippen MR) is 66.6 cm³/mol. The number of carbonyl (C=O) groups excluding carboxylic acids is 1. The van der Waals surface area contributed by atoms with E-state index in [4.69, 9.17) is 26.8 Å². The Hall–Kier alpha value is -1.37. The summed E-state index contributed by atoms with van der Waals surface area (Å²) >= 11 is 5.79. The highest BCUT2D eigenvalue weighted by molar-refractivity contribution is 6.33. The number of anilines is 1. The van der Waals surface area contributed by atoms with Crippen molar-refractivity contribution < 1.29 is 14.3 Å². The lowest BCUT2D eigenvalue weighted by molar-refractivity contribution is -0.0855. The van der Waals surface area contributed by atoms with Crippen molar-refractivity contribution in [2.24, 2.45) is 0 Å². The van der Waals surface area contributed by atoms with Gasteiger partial charge in [0.25, 0.3) is 5.91 Å². The summed E-state index contributed by atoms with van der Waals surface area (Å²) in [7, 11) is 0. The largest absolute Gasteiger partial charge is 0.382 e. The zero-order chi connectivity index (χ0) is 13.0. The third-order valence-corrected chi connectivity index (χ3v) is 2.81. The summed E-state index contributed by atoms with van der Waals surface area (Å²) < 4.78 is 10.6. The molecule has 7 heteroatoms. The number of nitrogens with two attached hydrogens (primary N) is 1. The van der Waals surface area contributed by atoms with Gasteiger partial charge in [0, 0.05) is 12.7 Å². The van der Waals surface area contributed by atoms with Crippen molar-refractivity contribution in [1.82, 2.24) is 10.3 Å². The second kappa shape index (κ2) is 5.99. The molecule has 0 saturated carbocycles. The zero-order valence-corrected chi connectivity index (χ0v) is 10.4. The summed E-state index contributed by atoms with van der Waals surface area (Å²) in [5, 5.41) is 3.00. The maximum Gasteiger partial charge on any atom is 0.252 e. The van der Waals surface area contributed by atoms with Gasteiger partial charge in [-0.3, -0.25) is 4.79 Å². The van der Waals surface area contributed by atoms with Crippen molar-refractivity contribution in [3.8, 4) is 0 Å². The maximum atomic E-state index is 11.8. The second-order valence-corrected chi connectivity index (χ2v) is 4.28. The van der Waals surface area contributed by atoms with Gasteiger partial charge in [0.05, 0.1) is 36.5 Å². The Labute approximate surface area is 109 Å². The fourth-order valence-corrected chi connectivity index (χ4v) is 1.70. The Morgan fingerprint density at radius 2 is 2.44 bits per heavy atom. The second-order valence-electron chi connectivity index (χ2n) is 3.87. The first kappa shape index (κ1) is 13.1. The summed E-state index contributed by atoms with van der Waals surface area (Å²) in [6, 6.07) is 1.48. The number of aromatic nitrogens is 1. The van der Waals surface area contributed by atoms with E-state index in [1.165, 1.54) is 12.3 Å². The molecule has 3 N–H and O–H groups in total. The molecule has 2 heterocycles. The van der Waals surface area contributed by atoms with Crippen LogP contribution in [-0.2, 0) is 9.47 Å². The topological polar surface area (TPSA) is 86.5 Å². The number of amides is 1. The molecular weight excluding hydrogens is 258 g/mol. The average molecular weight is 272 g/mol. The van der Waals surface area contributed by atoms with Gasteiger partial charge >= 0.3 is 0 Å². The van der Waals surface area contributed by atoms with E-state index in [1.54, 1.807) is 0 Å². The number of nitrogens with one attached hydrogen (secondary N) is 1. The monoisotopic (exact) mass is 271 g/mol. The Morgan fingerprint density at radius 3 is 3.11 bits per heavy atom.